The van der Waals surface area contributed by atoms with Gasteiger partial charge in [0.15, 0.2) is 11.5 Å². The molecule has 0 aliphatic rings. The molecule has 0 radical (unpaired) electrons. The van der Waals surface area contributed by atoms with E-state index in [9.17, 15) is 20.2 Å². The van der Waals surface area contributed by atoms with Gasteiger partial charge in [-0.05, 0) is 47.5 Å². The van der Waals surface area contributed by atoms with Gasteiger partial charge in [-0.3, -0.25) is 14.9 Å². The Hall–Kier alpha value is -3.77. The van der Waals surface area contributed by atoms with Crippen molar-refractivity contribution in [3.63, 3.8) is 0 Å². The fraction of sp³-hybridized carbons (Fsp3) is 0.0833. The number of ether oxygens (including phenoxy) is 2. The number of carbonyl (C=O) groups is 1. The minimum absolute atomic E-state index is 0.00986. The molecular formula is C24H16Cl3N3O5. The summed E-state index contributed by atoms with van der Waals surface area (Å²) < 4.78 is 11.2. The zero-order chi connectivity index (χ0) is 25.5. The number of nitro groups is 1. The first-order valence-corrected chi connectivity index (χ1v) is 11.0. The van der Waals surface area contributed by atoms with Crippen LogP contribution in [0.1, 0.15) is 11.1 Å². The van der Waals surface area contributed by atoms with Crippen LogP contribution in [0.3, 0.4) is 0 Å². The Morgan fingerprint density at radius 3 is 2.46 bits per heavy atom. The number of nitrogens with one attached hydrogen (secondary N) is 1. The number of methoxy groups -OCH3 is 1. The molecule has 0 atom stereocenters. The molecule has 3 aromatic carbocycles. The van der Waals surface area contributed by atoms with Crippen molar-refractivity contribution in [2.24, 2.45) is 0 Å². The van der Waals surface area contributed by atoms with Crippen molar-refractivity contribution in [1.82, 2.24) is 0 Å². The summed E-state index contributed by atoms with van der Waals surface area (Å²) in [5.74, 6) is 0.0223. The summed E-state index contributed by atoms with van der Waals surface area (Å²) in [6.45, 7) is 0.207. The number of halogens is 3. The molecule has 0 bridgehead atoms. The van der Waals surface area contributed by atoms with Gasteiger partial charge < -0.3 is 14.8 Å². The molecule has 1 amide bonds. The number of benzene rings is 3. The zero-order valence-corrected chi connectivity index (χ0v) is 20.3. The number of hydrogen-bond donors (Lipinski definition) is 1. The number of hydrogen-bond acceptors (Lipinski definition) is 6. The molecule has 3 rings (SSSR count). The molecule has 0 aliphatic heterocycles. The summed E-state index contributed by atoms with van der Waals surface area (Å²) in [4.78, 5) is 23.0. The van der Waals surface area contributed by atoms with Crippen LogP contribution in [-0.4, -0.2) is 17.9 Å². The van der Waals surface area contributed by atoms with Crippen molar-refractivity contribution in [2.45, 2.75) is 6.61 Å². The van der Waals surface area contributed by atoms with Crippen molar-refractivity contribution < 1.29 is 19.2 Å². The maximum absolute atomic E-state index is 12.6. The smallest absolute Gasteiger partial charge is 0.271 e. The van der Waals surface area contributed by atoms with Crippen LogP contribution in [0.4, 0.5) is 11.4 Å². The molecule has 0 aliphatic carbocycles. The largest absolute Gasteiger partial charge is 0.493 e. The maximum atomic E-state index is 12.6. The Morgan fingerprint density at radius 2 is 1.80 bits per heavy atom. The van der Waals surface area contributed by atoms with Gasteiger partial charge in [-0.2, -0.15) is 5.26 Å². The van der Waals surface area contributed by atoms with Gasteiger partial charge in [0, 0.05) is 12.1 Å². The average molecular weight is 533 g/mol. The zero-order valence-electron chi connectivity index (χ0n) is 18.1. The van der Waals surface area contributed by atoms with E-state index >= 15 is 0 Å². The second-order valence-corrected chi connectivity index (χ2v) is 8.21. The predicted octanol–water partition coefficient (Wildman–Crippen LogP) is 6.69. The Bertz CT molecular complexity index is 1370. The summed E-state index contributed by atoms with van der Waals surface area (Å²) >= 11 is 18.0. The summed E-state index contributed by atoms with van der Waals surface area (Å²) in [7, 11) is 1.46. The SMILES string of the molecule is COc1cc(/C=C(\C#N)C(=O)Nc2cc([N+](=O)[O-])ccc2Cl)ccc1OCc1ccc(Cl)c(Cl)c1. The van der Waals surface area contributed by atoms with Crippen molar-refractivity contribution in [1.29, 1.82) is 5.26 Å². The number of nitro benzene ring substituents is 1. The molecule has 0 unspecified atom stereocenters. The van der Waals surface area contributed by atoms with Crippen LogP contribution in [0.5, 0.6) is 11.5 Å². The van der Waals surface area contributed by atoms with Crippen LogP contribution in [-0.2, 0) is 11.4 Å². The van der Waals surface area contributed by atoms with E-state index < -0.39 is 10.8 Å². The van der Waals surface area contributed by atoms with Gasteiger partial charge in [-0.25, -0.2) is 0 Å². The van der Waals surface area contributed by atoms with Crippen LogP contribution < -0.4 is 14.8 Å². The first-order chi connectivity index (χ1) is 16.7. The van der Waals surface area contributed by atoms with Crippen molar-refractivity contribution in [3.05, 3.63) is 96.5 Å². The minimum Gasteiger partial charge on any atom is -0.493 e. The van der Waals surface area contributed by atoms with Crippen LogP contribution in [0.2, 0.25) is 15.1 Å². The molecule has 8 nitrogen and oxygen atoms in total. The van der Waals surface area contributed by atoms with Gasteiger partial charge in [0.1, 0.15) is 18.2 Å². The summed E-state index contributed by atoms with van der Waals surface area (Å²) in [6, 6.07) is 15.4. The van der Waals surface area contributed by atoms with Crippen molar-refractivity contribution >= 4 is 58.2 Å². The first-order valence-electron chi connectivity index (χ1n) is 9.83. The van der Waals surface area contributed by atoms with Gasteiger partial charge in [0.2, 0.25) is 0 Å². The number of anilines is 1. The van der Waals surface area contributed by atoms with Gasteiger partial charge in [0.25, 0.3) is 11.6 Å². The Morgan fingerprint density at radius 1 is 1.06 bits per heavy atom. The second kappa shape index (κ2) is 11.6. The predicted molar refractivity (Wildman–Crippen MR) is 134 cm³/mol. The van der Waals surface area contributed by atoms with E-state index in [4.69, 9.17) is 44.3 Å². The van der Waals surface area contributed by atoms with E-state index in [1.54, 1.807) is 36.4 Å². The normalized spacial score (nSPS) is 10.9. The van der Waals surface area contributed by atoms with E-state index in [1.807, 2.05) is 6.07 Å². The Labute approximate surface area is 215 Å². The molecule has 11 heteroatoms. The van der Waals surface area contributed by atoms with Crippen molar-refractivity contribution in [3.8, 4) is 17.6 Å². The highest BCUT2D eigenvalue weighted by Gasteiger charge is 2.16. The number of nitrogens with zero attached hydrogens (tertiary/aromatic N) is 2. The summed E-state index contributed by atoms with van der Waals surface area (Å²) in [6.07, 6.45) is 1.34. The highest BCUT2D eigenvalue weighted by Crippen LogP contribution is 2.31. The third-order valence-corrected chi connectivity index (χ3v) is 5.72. The fourth-order valence-corrected chi connectivity index (χ4v) is 3.40. The number of amides is 1. The second-order valence-electron chi connectivity index (χ2n) is 6.99. The highest BCUT2D eigenvalue weighted by atomic mass is 35.5. The van der Waals surface area contributed by atoms with E-state index in [1.165, 1.54) is 25.3 Å². The topological polar surface area (TPSA) is 114 Å². The standard InChI is InChI=1S/C24H16Cl3N3O5/c1-34-23-10-14(3-7-22(23)35-13-15-2-5-18(25)20(27)9-15)8-16(12-28)24(31)29-21-11-17(30(32)33)4-6-19(21)26/h2-11H,13H2,1H3,(H,29,31)/b16-8+. The fourth-order valence-electron chi connectivity index (χ4n) is 2.91. The van der Waals surface area contributed by atoms with Gasteiger partial charge in [-0.15, -0.1) is 0 Å². The van der Waals surface area contributed by atoms with Crippen LogP contribution in [0.15, 0.2) is 60.2 Å². The van der Waals surface area contributed by atoms with Gasteiger partial charge in [0.05, 0.1) is 32.8 Å². The summed E-state index contributed by atoms with van der Waals surface area (Å²) in [5.41, 5.74) is 0.789. The van der Waals surface area contributed by atoms with E-state index in [0.29, 0.717) is 27.1 Å². The lowest BCUT2D eigenvalue weighted by Crippen LogP contribution is -2.14. The van der Waals surface area contributed by atoms with Gasteiger partial charge >= 0.3 is 0 Å². The molecule has 0 fully saturated rings. The van der Waals surface area contributed by atoms with Crippen LogP contribution in [0, 0.1) is 21.4 Å². The summed E-state index contributed by atoms with van der Waals surface area (Å²) in [5, 5.41) is 23.8. The monoisotopic (exact) mass is 531 g/mol. The number of nitriles is 1. The third-order valence-electron chi connectivity index (χ3n) is 4.65. The molecule has 178 valence electrons. The van der Waals surface area contributed by atoms with E-state index in [0.717, 1.165) is 11.6 Å². The first kappa shape index (κ1) is 25.8. The lowest BCUT2D eigenvalue weighted by molar-refractivity contribution is -0.384. The number of rotatable bonds is 8. The molecule has 0 aromatic heterocycles. The molecule has 0 spiro atoms. The Balaban J connectivity index is 1.78. The quantitative estimate of drug-likeness (QED) is 0.150. The molecule has 35 heavy (non-hydrogen) atoms. The third kappa shape index (κ3) is 6.64. The van der Waals surface area contributed by atoms with E-state index in [2.05, 4.69) is 5.32 Å². The van der Waals surface area contributed by atoms with Crippen LogP contribution in [0.25, 0.3) is 6.08 Å². The molecule has 0 heterocycles. The van der Waals surface area contributed by atoms with E-state index in [-0.39, 0.29) is 28.6 Å². The minimum atomic E-state index is -0.784. The lowest BCUT2D eigenvalue weighted by atomic mass is 10.1. The highest BCUT2D eigenvalue weighted by molar-refractivity contribution is 6.42. The van der Waals surface area contributed by atoms with Gasteiger partial charge in [-0.1, -0.05) is 46.9 Å². The average Bonchev–Trinajstić information content (AvgIpc) is 2.84. The van der Waals surface area contributed by atoms with Crippen LogP contribution >= 0.6 is 34.8 Å². The molecule has 3 aromatic rings. The number of non-ortho nitro benzene ring substituents is 1. The molecular weight excluding hydrogens is 517 g/mol. The lowest BCUT2D eigenvalue weighted by Gasteiger charge is -2.12. The Kier molecular flexibility index (Phi) is 8.55. The van der Waals surface area contributed by atoms with Crippen molar-refractivity contribution in [2.75, 3.05) is 12.4 Å². The molecule has 1 N–H and O–H groups in total. The number of carbonyl (C=O) groups excluding carboxylic acids is 1. The molecule has 0 saturated heterocycles. The molecule has 0 saturated carbocycles. The maximum Gasteiger partial charge on any atom is 0.271 e.